The number of thiazole rings is 1. The van der Waals surface area contributed by atoms with E-state index in [1.165, 1.54) is 5.56 Å². The molecule has 2 heterocycles. The van der Waals surface area contributed by atoms with E-state index >= 15 is 0 Å². The van der Waals surface area contributed by atoms with E-state index < -0.39 is 0 Å². The molecule has 21 heavy (non-hydrogen) atoms. The second-order valence-corrected chi connectivity index (χ2v) is 7.04. The summed E-state index contributed by atoms with van der Waals surface area (Å²) < 4.78 is 0. The largest absolute Gasteiger partial charge is 0.348 e. The fourth-order valence-electron chi connectivity index (χ4n) is 2.86. The number of benzene rings is 1. The van der Waals surface area contributed by atoms with Crippen molar-refractivity contribution in [1.82, 2.24) is 4.98 Å². The van der Waals surface area contributed by atoms with Crippen LogP contribution in [-0.4, -0.2) is 18.1 Å². The quantitative estimate of drug-likeness (QED) is 0.940. The van der Waals surface area contributed by atoms with Crippen molar-refractivity contribution in [3.63, 3.8) is 0 Å². The molecule has 1 saturated heterocycles. The van der Waals surface area contributed by atoms with Crippen LogP contribution in [-0.2, 0) is 6.42 Å². The monoisotopic (exact) mass is 301 g/mol. The summed E-state index contributed by atoms with van der Waals surface area (Å²) >= 11 is 1.75. The maximum Gasteiger partial charge on any atom is 0.185 e. The number of hydrogen-bond donors (Lipinski definition) is 1. The number of nitrogens with zero attached hydrogens (tertiary/aromatic N) is 2. The zero-order valence-corrected chi connectivity index (χ0v) is 13.5. The molecule has 3 unspecified atom stereocenters. The van der Waals surface area contributed by atoms with Gasteiger partial charge >= 0.3 is 0 Å². The maximum absolute atomic E-state index is 6.28. The van der Waals surface area contributed by atoms with Crippen molar-refractivity contribution >= 4 is 16.5 Å². The molecule has 2 N–H and O–H groups in total. The molecule has 0 aliphatic carbocycles. The van der Waals surface area contributed by atoms with Crippen LogP contribution in [0.15, 0.2) is 35.7 Å². The van der Waals surface area contributed by atoms with Crippen molar-refractivity contribution in [2.24, 2.45) is 17.6 Å². The van der Waals surface area contributed by atoms with Gasteiger partial charge in [0.05, 0.1) is 5.69 Å². The predicted octanol–water partition coefficient (Wildman–Crippen LogP) is 3.48. The van der Waals surface area contributed by atoms with E-state index in [-0.39, 0.29) is 6.04 Å². The first-order chi connectivity index (χ1) is 10.1. The van der Waals surface area contributed by atoms with Gasteiger partial charge in [-0.15, -0.1) is 11.3 Å². The van der Waals surface area contributed by atoms with E-state index in [9.17, 15) is 0 Å². The molecule has 1 aromatic heterocycles. The summed E-state index contributed by atoms with van der Waals surface area (Å²) in [6.45, 7) is 6.90. The fourth-order valence-corrected chi connectivity index (χ4v) is 3.72. The van der Waals surface area contributed by atoms with Crippen molar-refractivity contribution < 1.29 is 0 Å². The number of rotatable bonds is 4. The second-order valence-electron chi connectivity index (χ2n) is 6.20. The molecule has 2 aromatic rings. The highest BCUT2D eigenvalue weighted by Gasteiger charge is 2.27. The normalized spacial score (nSPS) is 23.5. The first-order valence-corrected chi connectivity index (χ1v) is 8.51. The molecule has 3 nitrogen and oxygen atoms in total. The Balaban J connectivity index is 1.66. The Morgan fingerprint density at radius 1 is 1.24 bits per heavy atom. The molecule has 1 aliphatic heterocycles. The highest BCUT2D eigenvalue weighted by Crippen LogP contribution is 2.30. The van der Waals surface area contributed by atoms with E-state index in [1.807, 2.05) is 18.2 Å². The Labute approximate surface area is 130 Å². The summed E-state index contributed by atoms with van der Waals surface area (Å²) in [4.78, 5) is 7.21. The van der Waals surface area contributed by atoms with Gasteiger partial charge in [-0.2, -0.15) is 0 Å². The lowest BCUT2D eigenvalue weighted by molar-refractivity contribution is 0.494. The lowest BCUT2D eigenvalue weighted by Crippen LogP contribution is -2.19. The Hall–Kier alpha value is -1.39. The number of hydrogen-bond acceptors (Lipinski definition) is 4. The van der Waals surface area contributed by atoms with Gasteiger partial charge in [-0.25, -0.2) is 4.98 Å². The van der Waals surface area contributed by atoms with Gasteiger partial charge in [-0.3, -0.25) is 0 Å². The smallest absolute Gasteiger partial charge is 0.185 e. The average Bonchev–Trinajstić information content (AvgIpc) is 3.07. The van der Waals surface area contributed by atoms with Crippen LogP contribution in [0.3, 0.4) is 0 Å². The van der Waals surface area contributed by atoms with E-state index in [0.29, 0.717) is 0 Å². The standard InChI is InChI=1S/C17H23N3S/c1-12-9-20(10-13(12)2)17-19-15(11-21-17)8-16(18)14-6-4-3-5-7-14/h3-7,11-13,16H,8-10,18H2,1-2H3. The van der Waals surface area contributed by atoms with Gasteiger partial charge in [-0.05, 0) is 17.4 Å². The minimum absolute atomic E-state index is 0.0255. The molecule has 4 heteroatoms. The summed E-state index contributed by atoms with van der Waals surface area (Å²) in [6, 6.07) is 10.3. The molecule has 112 valence electrons. The van der Waals surface area contributed by atoms with Gasteiger partial charge in [-0.1, -0.05) is 44.2 Å². The molecule has 1 aromatic carbocycles. The van der Waals surface area contributed by atoms with Crippen LogP contribution in [0, 0.1) is 11.8 Å². The first kappa shape index (κ1) is 14.5. The molecule has 0 saturated carbocycles. The third-order valence-electron chi connectivity index (χ3n) is 4.46. The Morgan fingerprint density at radius 3 is 2.57 bits per heavy atom. The van der Waals surface area contributed by atoms with Crippen LogP contribution in [0.5, 0.6) is 0 Å². The van der Waals surface area contributed by atoms with Gasteiger partial charge < -0.3 is 10.6 Å². The Bertz CT molecular complexity index is 571. The Kier molecular flexibility index (Phi) is 4.27. The molecule has 3 atom stereocenters. The van der Waals surface area contributed by atoms with Gasteiger partial charge in [0, 0.05) is 30.9 Å². The van der Waals surface area contributed by atoms with Crippen LogP contribution in [0.25, 0.3) is 0 Å². The van der Waals surface area contributed by atoms with Crippen molar-refractivity contribution in [2.75, 3.05) is 18.0 Å². The molecule has 1 fully saturated rings. The minimum atomic E-state index is 0.0255. The highest BCUT2D eigenvalue weighted by atomic mass is 32.1. The molecular weight excluding hydrogens is 278 g/mol. The van der Waals surface area contributed by atoms with Crippen molar-refractivity contribution in [3.05, 3.63) is 47.0 Å². The van der Waals surface area contributed by atoms with Crippen LogP contribution in [0.2, 0.25) is 0 Å². The second kappa shape index (κ2) is 6.16. The summed E-state index contributed by atoms with van der Waals surface area (Å²) in [5, 5.41) is 3.31. The SMILES string of the molecule is CC1CN(c2nc(CC(N)c3ccccc3)cs2)CC1C. The fraction of sp³-hybridized carbons (Fsp3) is 0.471. The summed E-state index contributed by atoms with van der Waals surface area (Å²) in [5.74, 6) is 1.51. The van der Waals surface area contributed by atoms with Gasteiger partial charge in [0.15, 0.2) is 5.13 Å². The molecule has 0 bridgehead atoms. The molecule has 3 rings (SSSR count). The third-order valence-corrected chi connectivity index (χ3v) is 5.41. The van der Waals surface area contributed by atoms with Crippen molar-refractivity contribution in [2.45, 2.75) is 26.3 Å². The molecule has 0 amide bonds. The van der Waals surface area contributed by atoms with Crippen molar-refractivity contribution in [3.8, 4) is 0 Å². The van der Waals surface area contributed by atoms with Crippen LogP contribution >= 0.6 is 11.3 Å². The minimum Gasteiger partial charge on any atom is -0.348 e. The Morgan fingerprint density at radius 2 is 1.90 bits per heavy atom. The maximum atomic E-state index is 6.28. The zero-order chi connectivity index (χ0) is 14.8. The number of nitrogens with two attached hydrogens (primary N) is 1. The van der Waals surface area contributed by atoms with Gasteiger partial charge in [0.25, 0.3) is 0 Å². The molecule has 0 spiro atoms. The number of aromatic nitrogens is 1. The summed E-state index contributed by atoms with van der Waals surface area (Å²) in [5.41, 5.74) is 8.57. The lowest BCUT2D eigenvalue weighted by Gasteiger charge is -2.14. The highest BCUT2D eigenvalue weighted by molar-refractivity contribution is 7.13. The van der Waals surface area contributed by atoms with E-state index in [0.717, 1.165) is 42.2 Å². The lowest BCUT2D eigenvalue weighted by atomic mass is 10.0. The van der Waals surface area contributed by atoms with Gasteiger partial charge in [0.1, 0.15) is 0 Å². The third kappa shape index (κ3) is 3.27. The average molecular weight is 301 g/mol. The van der Waals surface area contributed by atoms with Gasteiger partial charge in [0.2, 0.25) is 0 Å². The van der Waals surface area contributed by atoms with E-state index in [4.69, 9.17) is 10.7 Å². The zero-order valence-electron chi connectivity index (χ0n) is 12.7. The molecular formula is C17H23N3S. The van der Waals surface area contributed by atoms with E-state index in [2.05, 4.69) is 36.3 Å². The van der Waals surface area contributed by atoms with E-state index in [1.54, 1.807) is 11.3 Å². The molecule has 0 radical (unpaired) electrons. The summed E-state index contributed by atoms with van der Waals surface area (Å²) in [6.07, 6.45) is 0.805. The van der Waals surface area contributed by atoms with Crippen molar-refractivity contribution in [1.29, 1.82) is 0 Å². The van der Waals surface area contributed by atoms with Crippen LogP contribution in [0.4, 0.5) is 5.13 Å². The summed E-state index contributed by atoms with van der Waals surface area (Å²) in [7, 11) is 0. The topological polar surface area (TPSA) is 42.2 Å². The van der Waals surface area contributed by atoms with Crippen LogP contribution < -0.4 is 10.6 Å². The first-order valence-electron chi connectivity index (χ1n) is 7.63. The van der Waals surface area contributed by atoms with Crippen LogP contribution in [0.1, 0.15) is 31.1 Å². The predicted molar refractivity (Wildman–Crippen MR) is 89.7 cm³/mol. The number of anilines is 1. The molecule has 1 aliphatic rings.